The summed E-state index contributed by atoms with van der Waals surface area (Å²) in [6.45, 7) is 9.52. The Bertz CT molecular complexity index is 294. The largest absolute Gasteiger partial charge is 2.00 e. The topological polar surface area (TPSA) is 174 Å². The van der Waals surface area contributed by atoms with Crippen LogP contribution in [0.2, 0.25) is 0 Å². The molecule has 0 aromatic heterocycles. The van der Waals surface area contributed by atoms with Gasteiger partial charge in [0.2, 0.25) is 0 Å². The van der Waals surface area contributed by atoms with Gasteiger partial charge in [0.1, 0.15) is 12.2 Å². The van der Waals surface area contributed by atoms with Gasteiger partial charge in [-0.2, -0.15) is 0 Å². The zero-order valence-electron chi connectivity index (χ0n) is 17.6. The van der Waals surface area contributed by atoms with Crippen molar-refractivity contribution in [1.82, 2.24) is 22.9 Å². The third kappa shape index (κ3) is 30.0. The molecular formula is C18H42CuN4O4. The maximum absolute atomic E-state index is 10.1. The molecule has 9 heteroatoms. The molecule has 0 aromatic rings. The number of hydrogen-bond acceptors (Lipinski definition) is 6. The summed E-state index contributed by atoms with van der Waals surface area (Å²) in [7, 11) is 0. The van der Waals surface area contributed by atoms with Gasteiger partial charge in [-0.25, -0.2) is 0 Å². The number of carboxylic acid groups (broad SMARTS) is 2. The number of rotatable bonds is 12. The Kier molecular flexibility index (Phi) is 37.1. The number of nitrogens with one attached hydrogen (secondary N) is 2. The standard InChI is InChI=1S/2C9H19NO2.Cu.2H3N/c2*1-3-5-6-8(4-2)7-10-9(11)12;;;/h2*8,10H,3-7H2,1-2H3,(H,11,12);;2*1H3/q;;+2;;/p-2. The molecule has 8 N–H and O–H groups in total. The summed E-state index contributed by atoms with van der Waals surface area (Å²) in [5, 5.41) is 24.8. The van der Waals surface area contributed by atoms with Gasteiger partial charge in [-0.3, -0.25) is 0 Å². The number of carbonyl (C=O) groups is 2. The first-order valence-corrected chi connectivity index (χ1v) is 9.30. The summed E-state index contributed by atoms with van der Waals surface area (Å²) < 4.78 is 0. The summed E-state index contributed by atoms with van der Waals surface area (Å²) in [5.41, 5.74) is 0. The van der Waals surface area contributed by atoms with Crippen molar-refractivity contribution in [1.29, 1.82) is 0 Å². The Morgan fingerprint density at radius 1 is 0.741 bits per heavy atom. The maximum Gasteiger partial charge on any atom is 2.00 e. The second kappa shape index (κ2) is 27.2. The summed E-state index contributed by atoms with van der Waals surface area (Å²) in [4.78, 5) is 20.1. The van der Waals surface area contributed by atoms with Gasteiger partial charge in [0.15, 0.2) is 0 Å². The molecule has 0 bridgehead atoms. The molecular weight excluding hydrogens is 400 g/mol. The summed E-state index contributed by atoms with van der Waals surface area (Å²) >= 11 is 0. The zero-order chi connectivity index (χ0) is 18.8. The first-order valence-electron chi connectivity index (χ1n) is 9.30. The van der Waals surface area contributed by atoms with Crippen molar-refractivity contribution in [3.05, 3.63) is 0 Å². The Hall–Kier alpha value is -1.02. The van der Waals surface area contributed by atoms with E-state index < -0.39 is 12.2 Å². The average Bonchev–Trinajstić information content (AvgIpc) is 2.55. The van der Waals surface area contributed by atoms with Crippen LogP contribution in [0.15, 0.2) is 0 Å². The van der Waals surface area contributed by atoms with Gasteiger partial charge >= 0.3 is 17.1 Å². The maximum atomic E-state index is 10.1. The minimum Gasteiger partial charge on any atom is -0.530 e. The van der Waals surface area contributed by atoms with Crippen LogP contribution in [-0.2, 0) is 17.1 Å². The van der Waals surface area contributed by atoms with Crippen LogP contribution in [0.3, 0.4) is 0 Å². The molecule has 0 fully saturated rings. The Morgan fingerprint density at radius 2 is 1.04 bits per heavy atom. The van der Waals surface area contributed by atoms with Gasteiger partial charge in [-0.05, 0) is 24.7 Å². The molecule has 2 unspecified atom stereocenters. The van der Waals surface area contributed by atoms with Crippen LogP contribution in [0.4, 0.5) is 9.59 Å². The van der Waals surface area contributed by atoms with Crippen molar-refractivity contribution in [2.45, 2.75) is 79.1 Å². The van der Waals surface area contributed by atoms with Crippen LogP contribution in [0.25, 0.3) is 0 Å². The van der Waals surface area contributed by atoms with E-state index >= 15 is 0 Å². The Balaban J connectivity index is -0.000000108. The average molecular weight is 442 g/mol. The van der Waals surface area contributed by atoms with E-state index in [1.54, 1.807) is 0 Å². The number of unbranched alkanes of at least 4 members (excludes halogenated alkanes) is 2. The molecule has 1 radical (unpaired) electrons. The zero-order valence-corrected chi connectivity index (χ0v) is 18.5. The van der Waals surface area contributed by atoms with Crippen molar-refractivity contribution in [2.75, 3.05) is 13.1 Å². The van der Waals surface area contributed by atoms with Crippen LogP contribution < -0.4 is 33.1 Å². The van der Waals surface area contributed by atoms with Gasteiger partial charge < -0.3 is 42.7 Å². The molecule has 27 heavy (non-hydrogen) atoms. The fourth-order valence-electron chi connectivity index (χ4n) is 2.34. The van der Waals surface area contributed by atoms with Crippen LogP contribution >= 0.6 is 0 Å². The number of hydrogen-bond donors (Lipinski definition) is 4. The van der Waals surface area contributed by atoms with E-state index in [0.29, 0.717) is 24.9 Å². The third-order valence-corrected chi connectivity index (χ3v) is 4.16. The number of carbonyl (C=O) groups excluding carboxylic acids is 2. The summed E-state index contributed by atoms with van der Waals surface area (Å²) in [6.07, 6.45) is 6.63. The monoisotopic (exact) mass is 441 g/mol. The summed E-state index contributed by atoms with van der Waals surface area (Å²) in [5.74, 6) is 0.950. The van der Waals surface area contributed by atoms with Gasteiger partial charge in [-0.1, -0.05) is 66.2 Å². The van der Waals surface area contributed by atoms with Crippen molar-refractivity contribution in [3.8, 4) is 0 Å². The molecule has 169 valence electrons. The van der Waals surface area contributed by atoms with Gasteiger partial charge in [0.05, 0.1) is 0 Å². The van der Waals surface area contributed by atoms with E-state index in [1.165, 1.54) is 25.7 Å². The van der Waals surface area contributed by atoms with Crippen molar-refractivity contribution in [2.24, 2.45) is 11.8 Å². The van der Waals surface area contributed by atoms with E-state index in [2.05, 4.69) is 38.3 Å². The smallest absolute Gasteiger partial charge is 0.530 e. The van der Waals surface area contributed by atoms with E-state index in [9.17, 15) is 19.8 Å². The fraction of sp³-hybridized carbons (Fsp3) is 0.889. The molecule has 2 atom stereocenters. The number of amides is 2. The van der Waals surface area contributed by atoms with Gasteiger partial charge in [0, 0.05) is 13.1 Å². The second-order valence-electron chi connectivity index (χ2n) is 6.17. The second-order valence-corrected chi connectivity index (χ2v) is 6.17. The molecule has 0 aromatic carbocycles. The van der Waals surface area contributed by atoms with E-state index in [0.717, 1.165) is 25.7 Å². The molecule has 8 nitrogen and oxygen atoms in total. The first kappa shape index (κ1) is 36.8. The Labute approximate surface area is 176 Å². The predicted molar refractivity (Wildman–Crippen MR) is 103 cm³/mol. The third-order valence-electron chi connectivity index (χ3n) is 4.16. The van der Waals surface area contributed by atoms with Crippen molar-refractivity contribution < 1.29 is 36.9 Å². The van der Waals surface area contributed by atoms with Crippen LogP contribution in [-0.4, -0.2) is 25.3 Å². The van der Waals surface area contributed by atoms with Crippen molar-refractivity contribution >= 4 is 12.2 Å². The van der Waals surface area contributed by atoms with Crippen LogP contribution in [0, 0.1) is 11.8 Å². The molecule has 0 saturated heterocycles. The van der Waals surface area contributed by atoms with Crippen LogP contribution in [0.1, 0.15) is 79.1 Å². The molecule has 2 amide bonds. The normalized spacial score (nSPS) is 11.1. The predicted octanol–water partition coefficient (Wildman–Crippen LogP) is 2.59. The van der Waals surface area contributed by atoms with E-state index in [4.69, 9.17) is 0 Å². The van der Waals surface area contributed by atoms with Crippen LogP contribution in [0.5, 0.6) is 0 Å². The fourth-order valence-corrected chi connectivity index (χ4v) is 2.34. The first-order chi connectivity index (χ1) is 11.4. The van der Waals surface area contributed by atoms with Gasteiger partial charge in [-0.15, -0.1) is 0 Å². The minimum atomic E-state index is -1.16. The molecule has 0 heterocycles. The molecule has 0 spiro atoms. The molecule has 0 rings (SSSR count). The van der Waals surface area contributed by atoms with Crippen molar-refractivity contribution in [3.63, 3.8) is 0 Å². The Morgan fingerprint density at radius 3 is 1.22 bits per heavy atom. The molecule has 0 aliphatic carbocycles. The molecule has 0 aliphatic heterocycles. The SMILES string of the molecule is CCCCC(CC)CNC(=O)[O-].CCCCC(CC)CNC(=O)[O-].N.N.[Cu+2]. The minimum absolute atomic E-state index is 0. The quantitative estimate of drug-likeness (QED) is 0.338. The van der Waals surface area contributed by atoms with E-state index in [1.807, 2.05) is 0 Å². The van der Waals surface area contributed by atoms with Gasteiger partial charge in [0.25, 0.3) is 0 Å². The van der Waals surface area contributed by atoms with E-state index in [-0.39, 0.29) is 29.4 Å². The summed E-state index contributed by atoms with van der Waals surface area (Å²) in [6, 6.07) is 0. The molecule has 0 aliphatic rings. The molecule has 0 saturated carbocycles.